The van der Waals surface area contributed by atoms with Gasteiger partial charge in [-0.05, 0) is 126 Å². The number of aliphatic carboxylic acids is 1. The Kier molecular flexibility index (Phi) is 12.3. The van der Waals surface area contributed by atoms with Crippen LogP contribution in [0.4, 0.5) is 26.3 Å². The van der Waals surface area contributed by atoms with Crippen molar-refractivity contribution in [3.8, 4) is 56.8 Å². The highest BCUT2D eigenvalue weighted by Gasteiger charge is 2.66. The smallest absolute Gasteiger partial charge is 0.399 e. The molecule has 0 spiro atoms. The number of carboxylic acid groups (broad SMARTS) is 1. The van der Waals surface area contributed by atoms with Gasteiger partial charge in [-0.15, -0.1) is 0 Å². The molecule has 65 heavy (non-hydrogen) atoms. The number of alkyl halides is 6. The third kappa shape index (κ3) is 9.85. The second-order valence-corrected chi connectivity index (χ2v) is 17.5. The SMILES string of the molecule is CC(C)(COc1ccc(-c2ccc(-c3ncc(C4(C(F)(F)F)CC4)[nH]3)cn2)cc1)C(=O)O.COC(=O)C(C)(C)COc1ccc(-c2ccc(-c3ncc(C4(C(F)(F)F)CC4)[nH]3)cn2)cc1. The average molecular weight is 905 g/mol. The molecule has 0 amide bonds. The van der Waals surface area contributed by atoms with Crippen molar-refractivity contribution in [1.29, 1.82) is 0 Å². The lowest BCUT2D eigenvalue weighted by molar-refractivity contribution is -0.162. The minimum Gasteiger partial charge on any atom is -0.492 e. The van der Waals surface area contributed by atoms with Gasteiger partial charge in [0.25, 0.3) is 0 Å². The Morgan fingerprint density at radius 3 is 1.25 bits per heavy atom. The molecule has 0 radical (unpaired) electrons. The highest BCUT2D eigenvalue weighted by molar-refractivity contribution is 5.76. The second kappa shape index (κ2) is 17.3. The lowest BCUT2D eigenvalue weighted by atomic mass is 9.95. The summed E-state index contributed by atoms with van der Waals surface area (Å²) < 4.78 is 96.0. The summed E-state index contributed by atoms with van der Waals surface area (Å²) in [6.45, 7) is 6.88. The Bertz CT molecular complexity index is 2610. The zero-order valence-electron chi connectivity index (χ0n) is 36.0. The topological polar surface area (TPSA) is 165 Å². The summed E-state index contributed by atoms with van der Waals surface area (Å²) in [5.41, 5.74) is -0.945. The van der Waals surface area contributed by atoms with Gasteiger partial charge in [-0.3, -0.25) is 19.6 Å². The first-order chi connectivity index (χ1) is 30.6. The van der Waals surface area contributed by atoms with Crippen molar-refractivity contribution >= 4 is 11.9 Å². The van der Waals surface area contributed by atoms with Gasteiger partial charge in [-0.2, -0.15) is 26.3 Å². The number of methoxy groups -OCH3 is 1. The van der Waals surface area contributed by atoms with Crippen LogP contribution >= 0.6 is 0 Å². The van der Waals surface area contributed by atoms with Gasteiger partial charge in [0.15, 0.2) is 0 Å². The summed E-state index contributed by atoms with van der Waals surface area (Å²) in [6, 6.07) is 21.4. The molecule has 0 saturated heterocycles. The molecule has 8 rings (SSSR count). The fraction of sp³-hybridized carbons (Fsp3) is 0.362. The number of hydrogen-bond donors (Lipinski definition) is 3. The summed E-state index contributed by atoms with van der Waals surface area (Å²) in [7, 11) is 1.34. The minimum atomic E-state index is -4.29. The predicted molar refractivity (Wildman–Crippen MR) is 227 cm³/mol. The maximum Gasteiger partial charge on any atom is 0.399 e. The van der Waals surface area contributed by atoms with Crippen molar-refractivity contribution in [3.05, 3.63) is 109 Å². The Hall–Kier alpha value is -6.72. The molecule has 342 valence electrons. The van der Waals surface area contributed by atoms with Crippen LogP contribution in [0, 0.1) is 10.8 Å². The fourth-order valence-electron chi connectivity index (χ4n) is 6.86. The molecule has 18 heteroatoms. The number of nitrogens with one attached hydrogen (secondary N) is 2. The van der Waals surface area contributed by atoms with Crippen LogP contribution in [0.1, 0.15) is 64.8 Å². The van der Waals surface area contributed by atoms with Gasteiger partial charge in [0.05, 0.1) is 40.7 Å². The number of aromatic nitrogens is 6. The van der Waals surface area contributed by atoms with Crippen LogP contribution in [0.2, 0.25) is 0 Å². The van der Waals surface area contributed by atoms with E-state index in [9.17, 15) is 35.9 Å². The van der Waals surface area contributed by atoms with Crippen LogP contribution in [0.3, 0.4) is 0 Å². The van der Waals surface area contributed by atoms with Crippen molar-refractivity contribution in [1.82, 2.24) is 29.9 Å². The lowest BCUT2D eigenvalue weighted by Crippen LogP contribution is -2.32. The van der Waals surface area contributed by atoms with E-state index in [0.29, 0.717) is 45.7 Å². The number of nitrogens with zero attached hydrogens (tertiary/aromatic N) is 4. The number of esters is 1. The van der Waals surface area contributed by atoms with Crippen molar-refractivity contribution < 1.29 is 55.2 Å². The molecule has 2 aliphatic carbocycles. The maximum absolute atomic E-state index is 13.3. The van der Waals surface area contributed by atoms with Gasteiger partial charge in [0.2, 0.25) is 0 Å². The monoisotopic (exact) mass is 904 g/mol. The van der Waals surface area contributed by atoms with Gasteiger partial charge in [-0.1, -0.05) is 0 Å². The molecule has 12 nitrogen and oxygen atoms in total. The van der Waals surface area contributed by atoms with Gasteiger partial charge in [-0.25, -0.2) is 9.97 Å². The zero-order valence-corrected chi connectivity index (χ0v) is 36.0. The molecule has 2 fully saturated rings. The number of rotatable bonds is 14. The number of carboxylic acids is 1. The largest absolute Gasteiger partial charge is 0.492 e. The van der Waals surface area contributed by atoms with E-state index in [-0.39, 0.29) is 56.3 Å². The molecular formula is C47H46F6N6O6. The molecular weight excluding hydrogens is 859 g/mol. The lowest BCUT2D eigenvalue weighted by Gasteiger charge is -2.21. The number of ether oxygens (including phenoxy) is 3. The van der Waals surface area contributed by atoms with E-state index in [1.807, 2.05) is 12.1 Å². The highest BCUT2D eigenvalue weighted by Crippen LogP contribution is 2.59. The molecule has 4 heterocycles. The molecule has 6 aromatic rings. The third-order valence-corrected chi connectivity index (χ3v) is 11.7. The number of aromatic amines is 2. The van der Waals surface area contributed by atoms with E-state index in [0.717, 1.165) is 11.1 Å². The molecule has 0 aliphatic heterocycles. The van der Waals surface area contributed by atoms with E-state index >= 15 is 0 Å². The number of benzene rings is 2. The molecule has 0 unspecified atom stereocenters. The Labute approximate surface area is 369 Å². The van der Waals surface area contributed by atoms with E-state index in [4.69, 9.17) is 19.3 Å². The number of halogens is 6. The van der Waals surface area contributed by atoms with Crippen molar-refractivity contribution in [2.24, 2.45) is 10.8 Å². The number of carbonyl (C=O) groups excluding carboxylic acids is 1. The van der Waals surface area contributed by atoms with Gasteiger partial charge >= 0.3 is 24.3 Å². The molecule has 0 atom stereocenters. The van der Waals surface area contributed by atoms with Crippen LogP contribution in [-0.2, 0) is 25.2 Å². The number of hydrogen-bond acceptors (Lipinski definition) is 9. The normalized spacial score (nSPS) is 15.3. The number of H-pyrrole nitrogens is 2. The van der Waals surface area contributed by atoms with Crippen LogP contribution in [0.25, 0.3) is 45.3 Å². The standard InChI is InChI=1S/C24H24F3N3O3.C23H22F3N3O3/c1-22(2,21(31)32-3)14-33-17-7-4-15(5-8-17)18-9-6-16(12-28-18)20-29-13-19(30-20)23(10-11-23)24(25,26)27;1-21(2,20(30)31)13-32-16-6-3-14(4-7-16)17-8-5-15(11-27-17)19-28-12-18(29-19)22(9-10-22)23(24,25)26/h4-9,12-13H,10-11,14H2,1-3H3,(H,29,30);3-8,11-12H,9-10,13H2,1-2H3,(H,28,29)(H,30,31). The number of imidazole rings is 2. The maximum atomic E-state index is 13.3. The fourth-order valence-corrected chi connectivity index (χ4v) is 6.86. The molecule has 2 saturated carbocycles. The quantitative estimate of drug-likeness (QED) is 0.0708. The van der Waals surface area contributed by atoms with Crippen LogP contribution in [-0.4, -0.2) is 79.6 Å². The van der Waals surface area contributed by atoms with Gasteiger partial charge in [0, 0.05) is 47.0 Å². The van der Waals surface area contributed by atoms with Gasteiger partial charge < -0.3 is 29.3 Å². The van der Waals surface area contributed by atoms with Crippen LogP contribution in [0.15, 0.2) is 97.6 Å². The summed E-state index contributed by atoms with van der Waals surface area (Å²) in [4.78, 5) is 45.6. The molecule has 2 aromatic carbocycles. The van der Waals surface area contributed by atoms with E-state index < -0.39 is 40.0 Å². The van der Waals surface area contributed by atoms with E-state index in [2.05, 4.69) is 29.9 Å². The van der Waals surface area contributed by atoms with Crippen LogP contribution < -0.4 is 9.47 Å². The summed E-state index contributed by atoms with van der Waals surface area (Å²) in [5, 5.41) is 9.15. The zero-order chi connectivity index (χ0) is 47.0. The van der Waals surface area contributed by atoms with Crippen molar-refractivity contribution in [2.75, 3.05) is 20.3 Å². The Balaban J connectivity index is 0.000000194. The van der Waals surface area contributed by atoms with Crippen LogP contribution in [0.5, 0.6) is 11.5 Å². The minimum absolute atomic E-state index is 0.0371. The number of carbonyl (C=O) groups is 2. The number of pyridine rings is 2. The average Bonchev–Trinajstić information content (AvgIpc) is 4.18. The van der Waals surface area contributed by atoms with Gasteiger partial charge in [0.1, 0.15) is 47.2 Å². The molecule has 4 aromatic heterocycles. The predicted octanol–water partition coefficient (Wildman–Crippen LogP) is 10.5. The second-order valence-electron chi connectivity index (χ2n) is 17.5. The van der Waals surface area contributed by atoms with Crippen molar-refractivity contribution in [2.45, 2.75) is 76.6 Å². The molecule has 2 aliphatic rings. The Morgan fingerprint density at radius 2 is 0.938 bits per heavy atom. The molecule has 0 bridgehead atoms. The highest BCUT2D eigenvalue weighted by atomic mass is 19.4. The third-order valence-electron chi connectivity index (χ3n) is 11.7. The first kappa shape index (κ1) is 46.3. The summed E-state index contributed by atoms with van der Waals surface area (Å²) in [6.07, 6.45) is -2.62. The Morgan fingerprint density at radius 1 is 0.569 bits per heavy atom. The van der Waals surface area contributed by atoms with Crippen molar-refractivity contribution in [3.63, 3.8) is 0 Å². The summed E-state index contributed by atoms with van der Waals surface area (Å²) >= 11 is 0. The summed E-state index contributed by atoms with van der Waals surface area (Å²) in [5.74, 6) is 0.567. The van der Waals surface area contributed by atoms with E-state index in [1.54, 1.807) is 101 Å². The van der Waals surface area contributed by atoms with E-state index in [1.165, 1.54) is 19.5 Å². The first-order valence-electron chi connectivity index (χ1n) is 20.5. The first-order valence-corrected chi connectivity index (χ1v) is 20.5. The molecule has 3 N–H and O–H groups in total.